The maximum absolute atomic E-state index is 12.8. The number of aliphatic hydroxyl groups excluding tert-OH is 1. The lowest BCUT2D eigenvalue weighted by atomic mass is 9.85. The molecule has 0 amide bonds. The number of thioether (sulfide) groups is 1. The lowest BCUT2D eigenvalue weighted by Crippen LogP contribution is -2.40. The summed E-state index contributed by atoms with van der Waals surface area (Å²) >= 11 is 1.34. The number of β-amino-alcohol motifs (C(OH)–C–C–N with tert-alkyl or cyclic N) is 1. The molecule has 0 spiro atoms. The van der Waals surface area contributed by atoms with Crippen LogP contribution in [-0.4, -0.2) is 53.6 Å². The van der Waals surface area contributed by atoms with E-state index in [-0.39, 0.29) is 27.9 Å². The fraction of sp³-hybridized carbons (Fsp3) is 0.348. The minimum absolute atomic E-state index is 0.0210. The van der Waals surface area contributed by atoms with E-state index in [2.05, 4.69) is 0 Å². The second-order valence-corrected chi connectivity index (χ2v) is 8.80. The third kappa shape index (κ3) is 4.37. The van der Waals surface area contributed by atoms with Crippen LogP contribution in [0.2, 0.25) is 0 Å². The van der Waals surface area contributed by atoms with Crippen LogP contribution < -0.4 is 10.2 Å². The van der Waals surface area contributed by atoms with E-state index in [4.69, 9.17) is 9.15 Å². The summed E-state index contributed by atoms with van der Waals surface area (Å²) in [6.07, 6.45) is -0.129. The molecule has 4 rings (SSSR count). The molecule has 1 aliphatic heterocycles. The zero-order chi connectivity index (χ0) is 22.1. The highest BCUT2D eigenvalue weighted by Crippen LogP contribution is 2.42. The minimum atomic E-state index is -0.724. The van der Waals surface area contributed by atoms with Crippen LogP contribution in [0.25, 0.3) is 11.0 Å². The summed E-state index contributed by atoms with van der Waals surface area (Å²) in [4.78, 5) is 14.8. The fourth-order valence-corrected chi connectivity index (χ4v) is 4.87. The second-order valence-electron chi connectivity index (χ2n) is 7.82. The van der Waals surface area contributed by atoms with Gasteiger partial charge < -0.3 is 29.4 Å². The number of phenolic OH excluding ortho intramolecular Hbond substituents is 2. The van der Waals surface area contributed by atoms with Gasteiger partial charge in [0.1, 0.15) is 28.2 Å². The van der Waals surface area contributed by atoms with Crippen LogP contribution >= 0.6 is 11.8 Å². The van der Waals surface area contributed by atoms with E-state index >= 15 is 0 Å². The Hall–Kier alpha value is -2.68. The van der Waals surface area contributed by atoms with Gasteiger partial charge in [0.05, 0.1) is 13.2 Å². The van der Waals surface area contributed by atoms with E-state index < -0.39 is 12.0 Å². The monoisotopic (exact) mass is 443 g/mol. The van der Waals surface area contributed by atoms with Gasteiger partial charge in [-0.3, -0.25) is 4.79 Å². The van der Waals surface area contributed by atoms with Crippen molar-refractivity contribution in [2.75, 3.05) is 27.2 Å². The maximum atomic E-state index is 12.8. The summed E-state index contributed by atoms with van der Waals surface area (Å²) in [6, 6.07) is 10.1. The van der Waals surface area contributed by atoms with Crippen molar-refractivity contribution in [3.8, 4) is 17.2 Å². The van der Waals surface area contributed by atoms with E-state index in [1.807, 2.05) is 36.2 Å². The number of hydrogen-bond donors (Lipinski definition) is 3. The van der Waals surface area contributed by atoms with E-state index in [9.17, 15) is 20.1 Å². The van der Waals surface area contributed by atoms with Crippen LogP contribution in [-0.2, 0) is 5.75 Å². The van der Waals surface area contributed by atoms with Gasteiger partial charge in [0.25, 0.3) is 0 Å². The summed E-state index contributed by atoms with van der Waals surface area (Å²) in [5.74, 6) is 0.413. The van der Waals surface area contributed by atoms with Crippen LogP contribution in [0.1, 0.15) is 23.5 Å². The Balaban J connectivity index is 1.72. The Morgan fingerprint density at radius 1 is 1.19 bits per heavy atom. The molecule has 0 bridgehead atoms. The molecule has 7 nitrogen and oxygen atoms in total. The molecule has 1 saturated heterocycles. The number of likely N-dealkylation sites (tertiary alicyclic amines) is 1. The number of fused-ring (bicyclic) bond motifs is 1. The van der Waals surface area contributed by atoms with E-state index in [0.29, 0.717) is 29.4 Å². The molecule has 31 heavy (non-hydrogen) atoms. The first-order valence-electron chi connectivity index (χ1n) is 10.0. The number of benzene rings is 2. The van der Waals surface area contributed by atoms with Gasteiger partial charge in [0.15, 0.2) is 10.5 Å². The molecular formula is C23H25NO6S. The molecule has 0 radical (unpaired) electrons. The highest BCUT2D eigenvalue weighted by atomic mass is 32.2. The van der Waals surface area contributed by atoms with Crippen molar-refractivity contribution in [3.63, 3.8) is 0 Å². The van der Waals surface area contributed by atoms with Crippen molar-refractivity contribution in [3.05, 3.63) is 57.7 Å². The molecule has 0 aliphatic carbocycles. The molecule has 2 atom stereocenters. The van der Waals surface area contributed by atoms with Crippen molar-refractivity contribution < 1.29 is 24.5 Å². The summed E-state index contributed by atoms with van der Waals surface area (Å²) < 4.78 is 11.2. The van der Waals surface area contributed by atoms with Gasteiger partial charge in [-0.15, -0.1) is 0 Å². The molecule has 0 saturated carbocycles. The number of likely N-dealkylation sites (N-methyl/N-ethyl adjacent to an activating group) is 1. The van der Waals surface area contributed by atoms with Gasteiger partial charge in [-0.1, -0.05) is 23.9 Å². The van der Waals surface area contributed by atoms with E-state index in [1.54, 1.807) is 7.11 Å². The Morgan fingerprint density at radius 3 is 2.61 bits per heavy atom. The molecule has 2 heterocycles. The third-order valence-corrected chi connectivity index (χ3v) is 6.63. The van der Waals surface area contributed by atoms with E-state index in [0.717, 1.165) is 23.9 Å². The molecule has 3 N–H and O–H groups in total. The molecule has 0 unspecified atom stereocenters. The summed E-state index contributed by atoms with van der Waals surface area (Å²) in [5, 5.41) is 31.9. The normalized spacial score (nSPS) is 19.6. The highest BCUT2D eigenvalue weighted by molar-refractivity contribution is 7.98. The quantitative estimate of drug-likeness (QED) is 0.516. The number of rotatable bonds is 5. The average molecular weight is 444 g/mol. The summed E-state index contributed by atoms with van der Waals surface area (Å²) in [7, 11) is 3.53. The summed E-state index contributed by atoms with van der Waals surface area (Å²) in [5.41, 5.74) is 1.14. The first-order chi connectivity index (χ1) is 14.9. The van der Waals surface area contributed by atoms with Gasteiger partial charge in [0.2, 0.25) is 0 Å². The predicted octanol–water partition coefficient (Wildman–Crippen LogP) is 3.29. The van der Waals surface area contributed by atoms with Crippen LogP contribution in [0.3, 0.4) is 0 Å². The smallest absolute Gasteiger partial charge is 0.197 e. The number of aliphatic hydroxyl groups is 1. The predicted molar refractivity (Wildman–Crippen MR) is 119 cm³/mol. The average Bonchev–Trinajstić information content (AvgIpc) is 2.73. The van der Waals surface area contributed by atoms with Crippen LogP contribution in [0.15, 0.2) is 50.7 Å². The van der Waals surface area contributed by atoms with Crippen LogP contribution in [0.4, 0.5) is 0 Å². The van der Waals surface area contributed by atoms with Gasteiger partial charge in [-0.05, 0) is 37.7 Å². The Bertz CT molecular complexity index is 1140. The lowest BCUT2D eigenvalue weighted by molar-refractivity contribution is 0.0630. The SMILES string of the molecule is COc1ccc(CSc2cc(=O)c3c(O)cc(O)c([C@@H]4CCN(C)C[C@@H]4O)c3o2)cc1. The Kier molecular flexibility index (Phi) is 6.13. The zero-order valence-corrected chi connectivity index (χ0v) is 18.2. The van der Waals surface area contributed by atoms with Gasteiger partial charge in [-0.2, -0.15) is 0 Å². The van der Waals surface area contributed by atoms with Crippen molar-refractivity contribution in [2.45, 2.75) is 29.3 Å². The van der Waals surface area contributed by atoms with Gasteiger partial charge in [-0.25, -0.2) is 0 Å². The van der Waals surface area contributed by atoms with Crippen molar-refractivity contribution >= 4 is 22.7 Å². The van der Waals surface area contributed by atoms with Gasteiger partial charge >= 0.3 is 0 Å². The topological polar surface area (TPSA) is 103 Å². The molecule has 1 aliphatic rings. The molecule has 8 heteroatoms. The zero-order valence-electron chi connectivity index (χ0n) is 17.4. The lowest BCUT2D eigenvalue weighted by Gasteiger charge is -2.34. The molecule has 2 aromatic carbocycles. The number of hydrogen-bond acceptors (Lipinski definition) is 8. The fourth-order valence-electron chi connectivity index (χ4n) is 4.03. The first-order valence-corrected chi connectivity index (χ1v) is 11.0. The number of methoxy groups -OCH3 is 1. The maximum Gasteiger partial charge on any atom is 0.197 e. The van der Waals surface area contributed by atoms with Crippen molar-refractivity contribution in [2.24, 2.45) is 0 Å². The number of phenols is 2. The molecule has 164 valence electrons. The Morgan fingerprint density at radius 2 is 1.94 bits per heavy atom. The minimum Gasteiger partial charge on any atom is -0.507 e. The highest BCUT2D eigenvalue weighted by Gasteiger charge is 2.33. The van der Waals surface area contributed by atoms with Gasteiger partial charge in [0, 0.05) is 35.9 Å². The third-order valence-electron chi connectivity index (χ3n) is 5.67. The summed E-state index contributed by atoms with van der Waals surface area (Å²) in [6.45, 7) is 1.18. The van der Waals surface area contributed by atoms with Crippen molar-refractivity contribution in [1.82, 2.24) is 4.90 Å². The largest absolute Gasteiger partial charge is 0.507 e. The molecular weight excluding hydrogens is 418 g/mol. The first kappa shape index (κ1) is 21.5. The number of ether oxygens (including phenoxy) is 1. The van der Waals surface area contributed by atoms with Crippen LogP contribution in [0.5, 0.6) is 17.2 Å². The number of aromatic hydroxyl groups is 2. The second kappa shape index (κ2) is 8.82. The molecule has 1 aromatic heterocycles. The standard InChI is InChI=1S/C23H25NO6S/c1-24-8-7-15(19(28)11-24)21-16(25)9-17(26)22-18(27)10-20(30-23(21)22)31-12-13-3-5-14(29-2)6-4-13/h3-6,9-10,15,19,25-26,28H,7-8,11-12H2,1-2H3/t15-,19+/m1/s1. The molecule has 1 fully saturated rings. The number of piperidine rings is 1. The number of nitrogens with zero attached hydrogens (tertiary/aromatic N) is 1. The van der Waals surface area contributed by atoms with Crippen molar-refractivity contribution in [1.29, 1.82) is 0 Å². The Labute approximate surface area is 183 Å². The van der Waals surface area contributed by atoms with E-state index in [1.165, 1.54) is 17.8 Å². The molecule has 3 aromatic rings. The van der Waals surface area contributed by atoms with Crippen LogP contribution in [0, 0.1) is 0 Å².